The molecule has 0 aliphatic carbocycles. The van der Waals surface area contributed by atoms with Crippen LogP contribution in [0.25, 0.3) is 0 Å². The summed E-state index contributed by atoms with van der Waals surface area (Å²) < 4.78 is 13.7. The van der Waals surface area contributed by atoms with Crippen molar-refractivity contribution < 1.29 is 14.3 Å². The Morgan fingerprint density at radius 3 is 2.56 bits per heavy atom. The van der Waals surface area contributed by atoms with E-state index in [4.69, 9.17) is 0 Å². The maximum atomic E-state index is 13.7. The third kappa shape index (κ3) is 3.53. The Labute approximate surface area is 107 Å². The number of hydrogen-bond acceptors (Lipinski definition) is 2. The first kappa shape index (κ1) is 14.6. The molecule has 1 aromatic rings. The second-order valence-electron chi connectivity index (χ2n) is 4.24. The average molecular weight is 253 g/mol. The predicted octanol–water partition coefficient (Wildman–Crippen LogP) is 3.07. The number of likely N-dealkylation sites (N-methyl/N-ethyl adjacent to an activating group) is 1. The fourth-order valence-electron chi connectivity index (χ4n) is 2.01. The smallest absolute Gasteiger partial charge is 0.325 e. The third-order valence-corrected chi connectivity index (χ3v) is 3.00. The van der Waals surface area contributed by atoms with Gasteiger partial charge in [0.15, 0.2) is 0 Å². The van der Waals surface area contributed by atoms with Crippen molar-refractivity contribution in [3.05, 3.63) is 35.6 Å². The zero-order chi connectivity index (χ0) is 13.5. The zero-order valence-corrected chi connectivity index (χ0v) is 10.9. The van der Waals surface area contributed by atoms with Crippen molar-refractivity contribution in [2.75, 3.05) is 13.1 Å². The van der Waals surface area contributed by atoms with Gasteiger partial charge in [0.25, 0.3) is 0 Å². The number of carboxylic acid groups (broad SMARTS) is 1. The zero-order valence-electron chi connectivity index (χ0n) is 10.9. The minimum atomic E-state index is -1.00. The Morgan fingerprint density at radius 2 is 2.06 bits per heavy atom. The maximum absolute atomic E-state index is 13.7. The number of unbranched alkanes of at least 4 members (excludes halogenated alkanes) is 1. The van der Waals surface area contributed by atoms with Gasteiger partial charge in [0.05, 0.1) is 0 Å². The summed E-state index contributed by atoms with van der Waals surface area (Å²) in [6.07, 6.45) is 1.90. The lowest BCUT2D eigenvalue weighted by atomic mass is 10.0. The van der Waals surface area contributed by atoms with Crippen LogP contribution in [0.2, 0.25) is 0 Å². The van der Waals surface area contributed by atoms with Crippen molar-refractivity contribution in [3.63, 3.8) is 0 Å². The topological polar surface area (TPSA) is 40.5 Å². The van der Waals surface area contributed by atoms with Crippen LogP contribution >= 0.6 is 0 Å². The van der Waals surface area contributed by atoms with Gasteiger partial charge in [0.1, 0.15) is 11.9 Å². The molecule has 0 saturated carbocycles. The lowest BCUT2D eigenvalue weighted by molar-refractivity contribution is -0.143. The third-order valence-electron chi connectivity index (χ3n) is 3.00. The normalized spacial score (nSPS) is 12.7. The summed E-state index contributed by atoms with van der Waals surface area (Å²) >= 11 is 0. The molecule has 0 amide bonds. The lowest BCUT2D eigenvalue weighted by Gasteiger charge is -2.28. The van der Waals surface area contributed by atoms with Gasteiger partial charge in [-0.2, -0.15) is 0 Å². The van der Waals surface area contributed by atoms with E-state index in [1.807, 2.05) is 13.8 Å². The summed E-state index contributed by atoms with van der Waals surface area (Å²) in [5, 5.41) is 9.34. The largest absolute Gasteiger partial charge is 0.480 e. The second kappa shape index (κ2) is 7.11. The van der Waals surface area contributed by atoms with E-state index in [0.29, 0.717) is 13.1 Å². The number of carboxylic acids is 1. The molecular weight excluding hydrogens is 233 g/mol. The molecule has 1 unspecified atom stereocenters. The molecule has 1 aromatic carbocycles. The fraction of sp³-hybridized carbons (Fsp3) is 0.500. The Morgan fingerprint density at radius 1 is 1.39 bits per heavy atom. The molecule has 0 radical (unpaired) electrons. The molecule has 0 spiro atoms. The predicted molar refractivity (Wildman–Crippen MR) is 68.9 cm³/mol. The van der Waals surface area contributed by atoms with E-state index in [9.17, 15) is 14.3 Å². The van der Waals surface area contributed by atoms with Crippen LogP contribution in [0.1, 0.15) is 38.3 Å². The van der Waals surface area contributed by atoms with Crippen LogP contribution in [0.4, 0.5) is 4.39 Å². The van der Waals surface area contributed by atoms with Gasteiger partial charge in [0.2, 0.25) is 0 Å². The van der Waals surface area contributed by atoms with Crippen LogP contribution in [0.3, 0.4) is 0 Å². The highest BCUT2D eigenvalue weighted by molar-refractivity contribution is 5.75. The molecule has 18 heavy (non-hydrogen) atoms. The summed E-state index contributed by atoms with van der Waals surface area (Å²) in [4.78, 5) is 13.2. The number of carbonyl (C=O) groups is 1. The number of halogens is 1. The van der Waals surface area contributed by atoms with E-state index < -0.39 is 17.8 Å². The van der Waals surface area contributed by atoms with Gasteiger partial charge in [-0.05, 0) is 25.6 Å². The highest BCUT2D eigenvalue weighted by atomic mass is 19.1. The van der Waals surface area contributed by atoms with Crippen molar-refractivity contribution in [1.29, 1.82) is 0 Å². The summed E-state index contributed by atoms with van der Waals surface area (Å²) in [6, 6.07) is 5.19. The lowest BCUT2D eigenvalue weighted by Crippen LogP contribution is -2.35. The van der Waals surface area contributed by atoms with E-state index in [1.54, 1.807) is 23.1 Å². The standard InChI is InChI=1S/C14H20FNO2/c1-3-5-10-16(4-2)13(14(17)18)11-8-6-7-9-12(11)15/h6-9,13H,3-5,10H2,1-2H3,(H,17,18). The van der Waals surface area contributed by atoms with Crippen molar-refractivity contribution in [1.82, 2.24) is 4.90 Å². The van der Waals surface area contributed by atoms with Gasteiger partial charge < -0.3 is 5.11 Å². The highest BCUT2D eigenvalue weighted by Gasteiger charge is 2.28. The van der Waals surface area contributed by atoms with Gasteiger partial charge in [-0.15, -0.1) is 0 Å². The van der Waals surface area contributed by atoms with Crippen molar-refractivity contribution >= 4 is 5.97 Å². The van der Waals surface area contributed by atoms with Crippen molar-refractivity contribution in [2.45, 2.75) is 32.7 Å². The number of nitrogens with zero attached hydrogens (tertiary/aromatic N) is 1. The van der Waals surface area contributed by atoms with E-state index in [2.05, 4.69) is 0 Å². The number of rotatable bonds is 7. The van der Waals surface area contributed by atoms with Crippen LogP contribution in [0.15, 0.2) is 24.3 Å². The molecule has 1 N–H and O–H groups in total. The first-order valence-corrected chi connectivity index (χ1v) is 6.33. The Balaban J connectivity index is 3.01. The molecule has 3 nitrogen and oxygen atoms in total. The molecule has 0 aromatic heterocycles. The Hall–Kier alpha value is -1.42. The summed E-state index contributed by atoms with van der Waals surface area (Å²) in [6.45, 7) is 5.20. The highest BCUT2D eigenvalue weighted by Crippen LogP contribution is 2.24. The SMILES string of the molecule is CCCCN(CC)C(C(=O)O)c1ccccc1F. The molecular formula is C14H20FNO2. The van der Waals surface area contributed by atoms with Crippen LogP contribution in [-0.4, -0.2) is 29.1 Å². The van der Waals surface area contributed by atoms with E-state index in [1.165, 1.54) is 6.07 Å². The Bertz CT molecular complexity index is 395. The monoisotopic (exact) mass is 253 g/mol. The molecule has 0 bridgehead atoms. The van der Waals surface area contributed by atoms with Crippen molar-refractivity contribution in [3.8, 4) is 0 Å². The van der Waals surface area contributed by atoms with E-state index in [-0.39, 0.29) is 5.56 Å². The molecule has 1 atom stereocenters. The second-order valence-corrected chi connectivity index (χ2v) is 4.24. The van der Waals surface area contributed by atoms with Gasteiger partial charge in [-0.25, -0.2) is 4.39 Å². The van der Waals surface area contributed by atoms with Crippen LogP contribution in [-0.2, 0) is 4.79 Å². The first-order chi connectivity index (χ1) is 8.61. The quantitative estimate of drug-likeness (QED) is 0.811. The molecule has 0 fully saturated rings. The first-order valence-electron chi connectivity index (χ1n) is 6.33. The molecule has 4 heteroatoms. The van der Waals surface area contributed by atoms with Crippen LogP contribution < -0.4 is 0 Å². The molecule has 0 heterocycles. The van der Waals surface area contributed by atoms with Gasteiger partial charge in [-0.1, -0.05) is 38.5 Å². The summed E-state index contributed by atoms with van der Waals surface area (Å²) in [5.74, 6) is -1.46. The van der Waals surface area contributed by atoms with Gasteiger partial charge in [-0.3, -0.25) is 9.69 Å². The van der Waals surface area contributed by atoms with Crippen LogP contribution in [0.5, 0.6) is 0 Å². The minimum absolute atomic E-state index is 0.239. The van der Waals surface area contributed by atoms with Crippen LogP contribution in [0, 0.1) is 5.82 Å². The molecule has 0 aliphatic heterocycles. The summed E-state index contributed by atoms with van der Waals surface area (Å²) in [5.41, 5.74) is 0.239. The molecule has 1 rings (SSSR count). The number of hydrogen-bond donors (Lipinski definition) is 1. The Kier molecular flexibility index (Phi) is 5.78. The molecule has 0 saturated heterocycles. The van der Waals surface area contributed by atoms with E-state index in [0.717, 1.165) is 12.8 Å². The minimum Gasteiger partial charge on any atom is -0.480 e. The van der Waals surface area contributed by atoms with Crippen molar-refractivity contribution in [2.24, 2.45) is 0 Å². The van der Waals surface area contributed by atoms with Gasteiger partial charge in [0, 0.05) is 5.56 Å². The number of benzene rings is 1. The maximum Gasteiger partial charge on any atom is 0.325 e. The fourth-order valence-corrected chi connectivity index (χ4v) is 2.01. The number of aliphatic carboxylic acids is 1. The van der Waals surface area contributed by atoms with Gasteiger partial charge >= 0.3 is 5.97 Å². The average Bonchev–Trinajstić information content (AvgIpc) is 2.35. The summed E-state index contributed by atoms with van der Waals surface area (Å²) in [7, 11) is 0. The molecule has 0 aliphatic rings. The van der Waals surface area contributed by atoms with E-state index >= 15 is 0 Å². The molecule has 100 valence electrons.